The molecule has 0 aromatic heterocycles. The number of halogens is 6. The molecule has 0 unspecified atom stereocenters. The molecule has 0 saturated heterocycles. The number of aliphatic carboxylic acids is 2. The number of carboxylic acids is 2. The van der Waals surface area contributed by atoms with Gasteiger partial charge < -0.3 is 54.2 Å². The Morgan fingerprint density at radius 1 is 0.556 bits per heavy atom. The third-order valence-corrected chi connectivity index (χ3v) is 0.963. The van der Waals surface area contributed by atoms with Gasteiger partial charge in [0.05, 0.1) is 0 Å². The van der Waals surface area contributed by atoms with Gasteiger partial charge in [0.2, 0.25) is 0 Å². The molecule has 27 heavy (non-hydrogen) atoms. The van der Waals surface area contributed by atoms with Crippen molar-refractivity contribution in [2.75, 3.05) is 39.3 Å². The second kappa shape index (κ2) is 27.0. The van der Waals surface area contributed by atoms with Crippen molar-refractivity contribution in [3.63, 3.8) is 0 Å². The van der Waals surface area contributed by atoms with E-state index in [4.69, 9.17) is 54.2 Å². The Hall–Kier alpha value is -1.21. The van der Waals surface area contributed by atoms with Gasteiger partial charge in [-0.15, -0.1) is 0 Å². The number of carbonyl (C=O) groups is 2. The first-order valence-corrected chi connectivity index (χ1v) is 6.40. The van der Waals surface area contributed by atoms with E-state index in [0.29, 0.717) is 39.3 Å². The van der Waals surface area contributed by atoms with Crippen LogP contribution in [0.4, 0.5) is 26.3 Å². The largest absolute Gasteiger partial charge is 2.00 e. The predicted octanol–water partition coefficient (Wildman–Crippen LogP) is -4.69. The quantitative estimate of drug-likeness (QED) is 0.218. The van der Waals surface area contributed by atoms with Crippen molar-refractivity contribution < 1.29 is 62.9 Å². The first kappa shape index (κ1) is 40.5. The van der Waals surface area contributed by atoms with Crippen LogP contribution in [0.3, 0.4) is 0 Å². The Kier molecular flexibility index (Phi) is 40.5. The van der Waals surface area contributed by atoms with Gasteiger partial charge in [0, 0.05) is 39.3 Å². The van der Waals surface area contributed by atoms with E-state index in [1.54, 1.807) is 0 Å². The minimum Gasteiger partial charge on any atom is -0.542 e. The number of carbonyl (C=O) groups excluding carboxylic acids is 2. The molecule has 0 aromatic carbocycles. The molecule has 10 nitrogen and oxygen atoms in total. The number of alkyl halides is 6. The van der Waals surface area contributed by atoms with Gasteiger partial charge in [-0.3, -0.25) is 0 Å². The minimum absolute atomic E-state index is 0. The number of rotatable bonds is 3. The van der Waals surface area contributed by atoms with Crippen LogP contribution in [0, 0.1) is 0 Å². The fourth-order valence-electron chi connectivity index (χ4n) is 0. The Morgan fingerprint density at radius 2 is 0.630 bits per heavy atom. The van der Waals surface area contributed by atoms with Crippen LogP contribution in [0.25, 0.3) is 0 Å². The molecule has 0 aliphatic heterocycles. The zero-order valence-corrected chi connectivity index (χ0v) is 15.0. The summed E-state index contributed by atoms with van der Waals surface area (Å²) in [5.74, 6) is -6.01. The van der Waals surface area contributed by atoms with Crippen molar-refractivity contribution in [2.24, 2.45) is 34.4 Å². The van der Waals surface area contributed by atoms with Crippen LogP contribution < -0.4 is 44.6 Å². The first-order chi connectivity index (χ1) is 11.6. The Balaban J connectivity index is -0.0000000520. The van der Waals surface area contributed by atoms with Gasteiger partial charge in [-0.2, -0.15) is 26.3 Å². The maximum atomic E-state index is 10.5. The van der Waals surface area contributed by atoms with Crippen molar-refractivity contribution in [2.45, 2.75) is 12.4 Å². The molecule has 0 fully saturated rings. The topological polar surface area (TPSA) is 236 Å². The average Bonchev–Trinajstić information content (AvgIpc) is 2.54. The summed E-state index contributed by atoms with van der Waals surface area (Å²) in [6, 6.07) is 0. The molecule has 169 valence electrons. The van der Waals surface area contributed by atoms with E-state index in [9.17, 15) is 26.3 Å². The monoisotopic (exact) mass is 465 g/mol. The average molecular weight is 465 g/mol. The molecule has 0 heterocycles. The van der Waals surface area contributed by atoms with Gasteiger partial charge in [-0.25, -0.2) is 0 Å². The van der Waals surface area contributed by atoms with Crippen LogP contribution in [0.1, 0.15) is 0 Å². The van der Waals surface area contributed by atoms with Gasteiger partial charge in [-0.1, -0.05) is 0 Å². The zero-order chi connectivity index (χ0) is 22.4. The number of carboxylic acid groups (broad SMARTS) is 2. The van der Waals surface area contributed by atoms with E-state index < -0.39 is 24.3 Å². The second-order valence-electron chi connectivity index (χ2n) is 3.30. The summed E-state index contributed by atoms with van der Waals surface area (Å²) in [6.45, 7) is 3.58. The maximum Gasteiger partial charge on any atom is 2.00 e. The van der Waals surface area contributed by atoms with Crippen LogP contribution in [0.2, 0.25) is 0 Å². The Bertz CT molecular complexity index is 284. The van der Waals surface area contributed by atoms with Gasteiger partial charge in [0.15, 0.2) is 0 Å². The Morgan fingerprint density at radius 3 is 0.630 bits per heavy atom. The molecule has 0 saturated carbocycles. The zero-order valence-electron chi connectivity index (χ0n) is 13.9. The standard InChI is InChI=1S/2C2HF3O2.3C2H8N2.Co/c2*3-2(4,5)1(6)7;3*3-1-2-4;/h2*(H,6,7);3*1-4H2;/q;;;;;+2/p-2. The second-order valence-corrected chi connectivity index (χ2v) is 3.30. The predicted molar refractivity (Wildman–Crippen MR) is 76.5 cm³/mol. The van der Waals surface area contributed by atoms with Crippen LogP contribution >= 0.6 is 0 Å². The van der Waals surface area contributed by atoms with Crippen molar-refractivity contribution in [3.8, 4) is 0 Å². The molecule has 0 amide bonds. The van der Waals surface area contributed by atoms with E-state index in [0.717, 1.165) is 0 Å². The summed E-state index contributed by atoms with van der Waals surface area (Å²) in [4.78, 5) is 17.6. The van der Waals surface area contributed by atoms with E-state index in [-0.39, 0.29) is 16.8 Å². The summed E-state index contributed by atoms with van der Waals surface area (Å²) < 4.78 is 63.1. The molecular weight excluding hydrogens is 441 g/mol. The molecule has 12 N–H and O–H groups in total. The van der Waals surface area contributed by atoms with E-state index in [1.165, 1.54) is 0 Å². The number of nitrogens with two attached hydrogens (primary N) is 6. The molecule has 17 heteroatoms. The summed E-state index contributed by atoms with van der Waals surface area (Å²) in [5, 5.41) is 17.6. The number of hydrogen-bond acceptors (Lipinski definition) is 10. The fraction of sp³-hybridized carbons (Fsp3) is 0.800. The molecule has 0 spiro atoms. The van der Waals surface area contributed by atoms with Gasteiger partial charge in [0.25, 0.3) is 0 Å². The summed E-state index contributed by atoms with van der Waals surface area (Å²) >= 11 is 0. The molecule has 0 aromatic rings. The maximum absolute atomic E-state index is 10.5. The van der Waals surface area contributed by atoms with Crippen LogP contribution in [0.15, 0.2) is 0 Å². The van der Waals surface area contributed by atoms with Gasteiger partial charge >= 0.3 is 29.1 Å². The normalized spacial score (nSPS) is 9.19. The smallest absolute Gasteiger partial charge is 0.542 e. The van der Waals surface area contributed by atoms with Gasteiger partial charge in [-0.05, 0) is 0 Å². The van der Waals surface area contributed by atoms with Crippen molar-refractivity contribution in [1.82, 2.24) is 0 Å². The summed E-state index contributed by atoms with van der Waals surface area (Å²) in [6.07, 6.45) is -10.4. The SMILES string of the molecule is NCCN.NCCN.NCCN.O=C([O-])C(F)(F)F.O=C([O-])C(F)(F)F.[Co+2]. The third kappa shape index (κ3) is 67.7. The van der Waals surface area contributed by atoms with E-state index >= 15 is 0 Å². The summed E-state index contributed by atoms with van der Waals surface area (Å²) in [5.41, 5.74) is 29.4. The first-order valence-electron chi connectivity index (χ1n) is 6.40. The molecule has 0 atom stereocenters. The molecule has 0 aliphatic rings. The van der Waals surface area contributed by atoms with Crippen LogP contribution in [-0.2, 0) is 26.4 Å². The van der Waals surface area contributed by atoms with E-state index in [2.05, 4.69) is 0 Å². The van der Waals surface area contributed by atoms with Crippen LogP contribution in [-0.4, -0.2) is 63.6 Å². The fourth-order valence-corrected chi connectivity index (χ4v) is 0. The Labute approximate surface area is 161 Å². The summed E-state index contributed by atoms with van der Waals surface area (Å²) in [7, 11) is 0. The molecular formula is C10H24CoF6N6O4. The van der Waals surface area contributed by atoms with Crippen molar-refractivity contribution >= 4 is 11.9 Å². The molecule has 0 aliphatic carbocycles. The van der Waals surface area contributed by atoms with Gasteiger partial charge in [0.1, 0.15) is 11.9 Å². The number of hydrogen-bond donors (Lipinski definition) is 6. The minimum atomic E-state index is -5.19. The van der Waals surface area contributed by atoms with Crippen LogP contribution in [0.5, 0.6) is 0 Å². The molecule has 0 rings (SSSR count). The van der Waals surface area contributed by atoms with Crippen molar-refractivity contribution in [1.29, 1.82) is 0 Å². The molecule has 1 radical (unpaired) electrons. The molecule has 0 bridgehead atoms. The van der Waals surface area contributed by atoms with E-state index in [1.807, 2.05) is 0 Å². The van der Waals surface area contributed by atoms with Crippen molar-refractivity contribution in [3.05, 3.63) is 0 Å². The third-order valence-electron chi connectivity index (χ3n) is 0.963.